The maximum absolute atomic E-state index is 11.3. The van der Waals surface area contributed by atoms with Crippen LogP contribution < -0.4 is 0 Å². The molecule has 0 radical (unpaired) electrons. The van der Waals surface area contributed by atoms with Crippen LogP contribution in [0.4, 0.5) is 0 Å². The molecule has 0 saturated carbocycles. The van der Waals surface area contributed by atoms with Crippen LogP contribution in [0.5, 0.6) is 0 Å². The number of hydrogen-bond donors (Lipinski definition) is 1. The van der Waals surface area contributed by atoms with Crippen molar-refractivity contribution in [2.75, 3.05) is 13.1 Å². The van der Waals surface area contributed by atoms with E-state index in [0.717, 1.165) is 4.90 Å². The minimum atomic E-state index is -1.58. The third kappa shape index (κ3) is 3.60. The number of nitrogens with zero attached hydrogens (tertiary/aromatic N) is 1. The summed E-state index contributed by atoms with van der Waals surface area (Å²) in [5.74, 6) is -1.26. The van der Waals surface area contributed by atoms with Gasteiger partial charge in [0, 0.05) is 6.42 Å². The van der Waals surface area contributed by atoms with E-state index in [1.54, 1.807) is 0 Å². The molecule has 0 aromatic carbocycles. The minimum Gasteiger partial charge on any atom is -0.480 e. The molecule has 17 heavy (non-hydrogen) atoms. The number of aliphatic carboxylic acids is 1. The lowest BCUT2D eigenvalue weighted by atomic mass is 9.89. The molecule has 0 aliphatic rings. The molecule has 0 rings (SSSR count). The summed E-state index contributed by atoms with van der Waals surface area (Å²) in [7, 11) is 0. The average molecular weight is 241 g/mol. The Bertz CT molecular complexity index is 293. The summed E-state index contributed by atoms with van der Waals surface area (Å²) in [5, 5.41) is 9.23. The van der Waals surface area contributed by atoms with E-state index >= 15 is 0 Å². The molecular weight excluding hydrogens is 226 g/mol. The van der Waals surface area contributed by atoms with Gasteiger partial charge in [-0.2, -0.15) is 0 Å². The van der Waals surface area contributed by atoms with Gasteiger partial charge < -0.3 is 19.5 Å². The molecular formula is C11H15NO5. The zero-order chi connectivity index (χ0) is 13.3. The normalized spacial score (nSPS) is 13.7. The molecule has 0 bridgehead atoms. The second-order valence-electron chi connectivity index (χ2n) is 3.44. The summed E-state index contributed by atoms with van der Waals surface area (Å²) in [5.41, 5.74) is -1.58. The lowest BCUT2D eigenvalue weighted by molar-refractivity contribution is -0.153. The first kappa shape index (κ1) is 15.2. The summed E-state index contributed by atoms with van der Waals surface area (Å²) < 4.78 is 0. The third-order valence-corrected chi connectivity index (χ3v) is 2.50. The molecule has 0 heterocycles. The Hall–Kier alpha value is -1.82. The molecule has 1 atom stereocenters. The quantitative estimate of drug-likeness (QED) is 0.416. The van der Waals surface area contributed by atoms with Crippen molar-refractivity contribution in [2.45, 2.75) is 18.4 Å². The summed E-state index contributed by atoms with van der Waals surface area (Å²) in [6, 6.07) is 0. The van der Waals surface area contributed by atoms with Crippen molar-refractivity contribution < 1.29 is 24.3 Å². The fourth-order valence-electron chi connectivity index (χ4n) is 1.63. The molecule has 0 aliphatic carbocycles. The van der Waals surface area contributed by atoms with Gasteiger partial charge in [0.25, 0.3) is 0 Å². The molecule has 1 unspecified atom stereocenters. The monoisotopic (exact) mass is 241 g/mol. The highest BCUT2D eigenvalue weighted by atomic mass is 16.4. The number of carbonyl (C=O) groups is 4. The van der Waals surface area contributed by atoms with Gasteiger partial charge in [0.05, 0.1) is 13.1 Å². The Balaban J connectivity index is 5.36. The molecule has 0 spiro atoms. The van der Waals surface area contributed by atoms with Gasteiger partial charge in [-0.25, -0.2) is 0 Å². The van der Waals surface area contributed by atoms with Gasteiger partial charge in [-0.15, -0.1) is 6.58 Å². The average Bonchev–Trinajstić information content (AvgIpc) is 2.28. The summed E-state index contributed by atoms with van der Waals surface area (Å²) >= 11 is 0. The molecule has 0 saturated heterocycles. The van der Waals surface area contributed by atoms with E-state index in [9.17, 15) is 24.3 Å². The lowest BCUT2D eigenvalue weighted by Gasteiger charge is -2.36. The van der Waals surface area contributed by atoms with Crippen molar-refractivity contribution in [3.63, 3.8) is 0 Å². The zero-order valence-corrected chi connectivity index (χ0v) is 9.37. The number of carboxylic acids is 1. The van der Waals surface area contributed by atoms with Crippen LogP contribution in [0, 0.1) is 0 Å². The zero-order valence-electron chi connectivity index (χ0n) is 9.37. The molecule has 6 heteroatoms. The highest BCUT2D eigenvalue weighted by molar-refractivity contribution is 5.83. The van der Waals surface area contributed by atoms with Crippen molar-refractivity contribution in [2.24, 2.45) is 0 Å². The first-order valence-electron chi connectivity index (χ1n) is 4.99. The second kappa shape index (κ2) is 7.45. The lowest BCUT2D eigenvalue weighted by Crippen LogP contribution is -2.56. The van der Waals surface area contributed by atoms with Gasteiger partial charge in [-0.1, -0.05) is 6.08 Å². The summed E-state index contributed by atoms with van der Waals surface area (Å²) in [6.45, 7) is 2.97. The number of rotatable bonds is 10. The minimum absolute atomic E-state index is 0.0250. The molecule has 0 amide bonds. The van der Waals surface area contributed by atoms with Crippen molar-refractivity contribution in [1.82, 2.24) is 4.90 Å². The summed E-state index contributed by atoms with van der Waals surface area (Å²) in [6.07, 6.45) is 2.46. The summed E-state index contributed by atoms with van der Waals surface area (Å²) in [4.78, 5) is 44.1. The smallest absolute Gasteiger partial charge is 0.324 e. The predicted octanol–water partition coefficient (Wildman–Crippen LogP) is -0.325. The van der Waals surface area contributed by atoms with Crippen molar-refractivity contribution >= 4 is 24.8 Å². The van der Waals surface area contributed by atoms with E-state index < -0.39 is 11.5 Å². The Kier molecular flexibility index (Phi) is 6.65. The van der Waals surface area contributed by atoms with Crippen LogP contribution >= 0.6 is 0 Å². The van der Waals surface area contributed by atoms with Crippen LogP contribution in [0.15, 0.2) is 12.7 Å². The number of carbonyl (C=O) groups excluding carboxylic acids is 3. The second-order valence-corrected chi connectivity index (χ2v) is 3.44. The van der Waals surface area contributed by atoms with E-state index in [1.165, 1.54) is 6.08 Å². The highest BCUT2D eigenvalue weighted by Crippen LogP contribution is 2.23. The largest absolute Gasteiger partial charge is 0.480 e. The third-order valence-electron chi connectivity index (χ3n) is 2.50. The Labute approximate surface area is 98.9 Å². The maximum Gasteiger partial charge on any atom is 0.324 e. The van der Waals surface area contributed by atoms with Gasteiger partial charge in [0.1, 0.15) is 24.4 Å². The van der Waals surface area contributed by atoms with Crippen LogP contribution in [0.1, 0.15) is 12.8 Å². The van der Waals surface area contributed by atoms with E-state index in [2.05, 4.69) is 6.58 Å². The van der Waals surface area contributed by atoms with E-state index in [0.29, 0.717) is 18.9 Å². The predicted molar refractivity (Wildman–Crippen MR) is 59.6 cm³/mol. The van der Waals surface area contributed by atoms with Crippen LogP contribution in [-0.4, -0.2) is 53.5 Å². The van der Waals surface area contributed by atoms with Crippen LogP contribution in [-0.2, 0) is 19.2 Å². The Morgan fingerprint density at radius 2 is 1.65 bits per heavy atom. The van der Waals surface area contributed by atoms with Gasteiger partial charge in [-0.05, 0) is 6.42 Å². The van der Waals surface area contributed by atoms with Crippen LogP contribution in [0.2, 0.25) is 0 Å². The Morgan fingerprint density at radius 1 is 1.12 bits per heavy atom. The SMILES string of the molecule is C=CCC(CC=O)(C(=O)O)N(CC=O)CC=O. The molecule has 1 N–H and O–H groups in total. The molecule has 0 aromatic heterocycles. The molecule has 0 fully saturated rings. The number of carboxylic acid groups (broad SMARTS) is 1. The molecule has 0 aromatic rings. The van der Waals surface area contributed by atoms with Crippen molar-refractivity contribution in [3.8, 4) is 0 Å². The van der Waals surface area contributed by atoms with Gasteiger partial charge in [0.2, 0.25) is 0 Å². The van der Waals surface area contributed by atoms with Gasteiger partial charge in [0.15, 0.2) is 0 Å². The van der Waals surface area contributed by atoms with E-state index in [1.807, 2.05) is 0 Å². The first-order valence-corrected chi connectivity index (χ1v) is 4.99. The molecule has 94 valence electrons. The topological polar surface area (TPSA) is 91.8 Å². The molecule has 6 nitrogen and oxygen atoms in total. The van der Waals surface area contributed by atoms with E-state index in [-0.39, 0.29) is 25.9 Å². The standard InChI is InChI=1S/C11H15NO5/c1-2-3-11(4-7-13,10(16)17)12(5-8-14)6-9-15/h2,7-9H,1,3-6H2,(H,16,17). The highest BCUT2D eigenvalue weighted by Gasteiger charge is 2.42. The van der Waals surface area contributed by atoms with Crippen molar-refractivity contribution in [1.29, 1.82) is 0 Å². The van der Waals surface area contributed by atoms with Gasteiger partial charge in [-0.3, -0.25) is 9.69 Å². The number of hydrogen-bond acceptors (Lipinski definition) is 5. The maximum atomic E-state index is 11.3. The van der Waals surface area contributed by atoms with Crippen molar-refractivity contribution in [3.05, 3.63) is 12.7 Å². The first-order chi connectivity index (χ1) is 8.08. The van der Waals surface area contributed by atoms with Gasteiger partial charge >= 0.3 is 5.97 Å². The van der Waals surface area contributed by atoms with E-state index in [4.69, 9.17) is 0 Å². The number of aldehydes is 3. The van der Waals surface area contributed by atoms with Crippen LogP contribution in [0.3, 0.4) is 0 Å². The Morgan fingerprint density at radius 3 is 1.94 bits per heavy atom. The fraction of sp³-hybridized carbons (Fsp3) is 0.455. The van der Waals surface area contributed by atoms with Crippen LogP contribution in [0.25, 0.3) is 0 Å². The fourth-order valence-corrected chi connectivity index (χ4v) is 1.63. The molecule has 0 aliphatic heterocycles.